The number of hydrogen-bond donors (Lipinski definition) is 3. The lowest BCUT2D eigenvalue weighted by molar-refractivity contribution is -0.123. The molecule has 0 bridgehead atoms. The van der Waals surface area contributed by atoms with Crippen LogP contribution in [0.4, 0.5) is 4.79 Å². The Bertz CT molecular complexity index is 1090. The topological polar surface area (TPSA) is 96.9 Å². The molecule has 5 unspecified atom stereocenters. The van der Waals surface area contributed by atoms with Crippen LogP contribution in [-0.4, -0.2) is 56.1 Å². The maximum absolute atomic E-state index is 12.7. The number of ether oxygens (including phenoxy) is 2. The van der Waals surface area contributed by atoms with Gasteiger partial charge in [0.1, 0.15) is 6.10 Å². The Kier molecular flexibility index (Phi) is 15.0. The number of alkyl carbamates (subject to hydrolysis) is 1. The van der Waals surface area contributed by atoms with Gasteiger partial charge in [-0.1, -0.05) is 79.4 Å². The second-order valence-electron chi connectivity index (χ2n) is 18.3. The number of fused-ring (bicyclic) bond motifs is 5. The highest BCUT2D eigenvalue weighted by Crippen LogP contribution is 2.67. The summed E-state index contributed by atoms with van der Waals surface area (Å²) >= 11 is 0. The molecule has 3 fully saturated rings. The van der Waals surface area contributed by atoms with Gasteiger partial charge in [0.25, 0.3) is 0 Å². The molecular weight excluding hydrogens is 612 g/mol. The number of carbonyl (C=O) groups is 2. The van der Waals surface area contributed by atoms with Gasteiger partial charge in [0.15, 0.2) is 0 Å². The van der Waals surface area contributed by atoms with Gasteiger partial charge in [-0.15, -0.1) is 0 Å². The number of carbonyl (C=O) groups excluding carboxylic acids is 2. The molecule has 8 atom stereocenters. The number of amides is 2. The molecule has 0 aromatic carbocycles. The summed E-state index contributed by atoms with van der Waals surface area (Å²) in [6.45, 7) is 18.9. The summed E-state index contributed by atoms with van der Waals surface area (Å²) in [5, 5.41) is 15.0. The highest BCUT2D eigenvalue weighted by Gasteiger charge is 2.59. The van der Waals surface area contributed by atoms with Gasteiger partial charge in [-0.2, -0.15) is 0 Å². The molecule has 282 valence electrons. The van der Waals surface area contributed by atoms with Crippen LogP contribution in [0.5, 0.6) is 0 Å². The van der Waals surface area contributed by atoms with E-state index in [4.69, 9.17) is 14.6 Å². The van der Waals surface area contributed by atoms with E-state index < -0.39 is 0 Å². The maximum Gasteiger partial charge on any atom is 0.407 e. The lowest BCUT2D eigenvalue weighted by atomic mass is 9.47. The van der Waals surface area contributed by atoms with Crippen molar-refractivity contribution in [3.05, 3.63) is 11.6 Å². The van der Waals surface area contributed by atoms with Gasteiger partial charge in [-0.25, -0.2) is 4.79 Å². The number of hydrogen-bond acceptors (Lipinski definition) is 5. The molecule has 7 heteroatoms. The van der Waals surface area contributed by atoms with Crippen molar-refractivity contribution in [3.8, 4) is 0 Å². The summed E-state index contributed by atoms with van der Waals surface area (Å²) in [6, 6.07) is 0. The van der Waals surface area contributed by atoms with Gasteiger partial charge in [0.05, 0.1) is 6.61 Å². The van der Waals surface area contributed by atoms with E-state index in [9.17, 15) is 9.59 Å². The van der Waals surface area contributed by atoms with E-state index >= 15 is 0 Å². The molecule has 3 N–H and O–H groups in total. The first kappa shape index (κ1) is 40.2. The second kappa shape index (κ2) is 18.2. The molecule has 0 saturated heterocycles. The standard InChI is InChI=1S/C42H74N2O5/c1-30(2)12-11-13-31(3)35-16-17-36-34-15-14-32-28-33(18-20-41(32,6)37(34)19-21-42(35,36)7)49-39(47)44-23-9-8-10-26-48-27-24-43-38(46)29-40(4,5)22-25-45/h14,30-31,33-37,45H,8-13,15-29H2,1-7H3,(H,43,46)(H,44,47)/t31?,33-,34?,35?,36?,37?,41-,42+/m0/s1. The minimum Gasteiger partial charge on any atom is -0.446 e. The van der Waals surface area contributed by atoms with E-state index in [0.717, 1.165) is 74.0 Å². The van der Waals surface area contributed by atoms with Crippen LogP contribution in [0.3, 0.4) is 0 Å². The van der Waals surface area contributed by atoms with Crippen molar-refractivity contribution in [2.24, 2.45) is 51.8 Å². The highest BCUT2D eigenvalue weighted by atomic mass is 16.6. The number of rotatable bonds is 19. The Morgan fingerprint density at radius 3 is 2.49 bits per heavy atom. The number of nitrogens with one attached hydrogen (secondary N) is 2. The van der Waals surface area contributed by atoms with Crippen LogP contribution in [-0.2, 0) is 14.3 Å². The summed E-state index contributed by atoms with van der Waals surface area (Å²) in [7, 11) is 0. The first-order valence-corrected chi connectivity index (χ1v) is 20.4. The molecule has 0 spiro atoms. The summed E-state index contributed by atoms with van der Waals surface area (Å²) < 4.78 is 11.6. The van der Waals surface area contributed by atoms with Gasteiger partial charge >= 0.3 is 6.09 Å². The van der Waals surface area contributed by atoms with Crippen LogP contribution in [0.25, 0.3) is 0 Å². The van der Waals surface area contributed by atoms with Crippen LogP contribution in [0.15, 0.2) is 11.6 Å². The van der Waals surface area contributed by atoms with E-state index in [1.54, 1.807) is 5.57 Å². The smallest absolute Gasteiger partial charge is 0.407 e. The van der Waals surface area contributed by atoms with Crippen molar-refractivity contribution in [1.82, 2.24) is 10.6 Å². The normalized spacial score (nSPS) is 31.7. The third-order valence-corrected chi connectivity index (χ3v) is 13.8. The number of aliphatic hydroxyl groups excluding tert-OH is 1. The first-order valence-electron chi connectivity index (χ1n) is 20.4. The fraction of sp³-hybridized carbons (Fsp3) is 0.905. The van der Waals surface area contributed by atoms with Gasteiger partial charge in [-0.3, -0.25) is 4.79 Å². The van der Waals surface area contributed by atoms with Crippen LogP contribution in [0.2, 0.25) is 0 Å². The molecular formula is C42H74N2O5. The summed E-state index contributed by atoms with van der Waals surface area (Å²) in [5.74, 6) is 5.05. The lowest BCUT2D eigenvalue weighted by Crippen LogP contribution is -2.51. The zero-order valence-corrected chi connectivity index (χ0v) is 32.5. The van der Waals surface area contributed by atoms with Crippen molar-refractivity contribution in [2.75, 3.05) is 32.9 Å². The minimum atomic E-state index is -0.273. The van der Waals surface area contributed by atoms with E-state index in [1.807, 2.05) is 13.8 Å². The van der Waals surface area contributed by atoms with Gasteiger partial charge < -0.3 is 25.2 Å². The predicted octanol–water partition coefficient (Wildman–Crippen LogP) is 9.22. The summed E-state index contributed by atoms with van der Waals surface area (Å²) in [5.41, 5.74) is 2.16. The molecule has 0 heterocycles. The van der Waals surface area contributed by atoms with E-state index in [-0.39, 0.29) is 35.5 Å². The Hall–Kier alpha value is -1.60. The van der Waals surface area contributed by atoms with Crippen LogP contribution < -0.4 is 10.6 Å². The molecule has 7 nitrogen and oxygen atoms in total. The third kappa shape index (κ3) is 10.7. The Balaban J connectivity index is 1.11. The second-order valence-corrected chi connectivity index (χ2v) is 18.3. The Labute approximate surface area is 299 Å². The molecule has 0 aromatic rings. The lowest BCUT2D eigenvalue weighted by Gasteiger charge is -2.58. The fourth-order valence-corrected chi connectivity index (χ4v) is 10.9. The predicted molar refractivity (Wildman–Crippen MR) is 199 cm³/mol. The van der Waals surface area contributed by atoms with Crippen molar-refractivity contribution < 1.29 is 24.2 Å². The van der Waals surface area contributed by atoms with Crippen molar-refractivity contribution in [3.63, 3.8) is 0 Å². The largest absolute Gasteiger partial charge is 0.446 e. The Morgan fingerprint density at radius 2 is 1.73 bits per heavy atom. The minimum absolute atomic E-state index is 0.00192. The van der Waals surface area contributed by atoms with Crippen LogP contribution in [0.1, 0.15) is 151 Å². The van der Waals surface area contributed by atoms with Crippen LogP contribution >= 0.6 is 0 Å². The number of unbranched alkanes of at least 4 members (excludes halogenated alkanes) is 2. The molecule has 2 amide bonds. The molecule has 0 radical (unpaired) electrons. The molecule has 4 aliphatic rings. The zero-order chi connectivity index (χ0) is 35.7. The molecule has 0 aromatic heterocycles. The zero-order valence-electron chi connectivity index (χ0n) is 32.5. The van der Waals surface area contributed by atoms with Crippen molar-refractivity contribution in [1.29, 1.82) is 0 Å². The van der Waals surface area contributed by atoms with E-state index in [0.29, 0.717) is 44.6 Å². The quantitative estimate of drug-likeness (QED) is 0.0930. The van der Waals surface area contributed by atoms with Crippen molar-refractivity contribution in [2.45, 2.75) is 157 Å². The van der Waals surface area contributed by atoms with Crippen LogP contribution in [0, 0.1) is 51.8 Å². The SMILES string of the molecule is CC(C)CCCC(C)C1CCC2C3CC=C4C[C@@H](OC(=O)NCCCCCOCCNC(=O)CC(C)(C)CCO)CC[C@]4(C)C3CC[C@]12C. The molecule has 4 aliphatic carbocycles. The van der Waals surface area contributed by atoms with E-state index in [1.165, 1.54) is 51.4 Å². The third-order valence-electron chi connectivity index (χ3n) is 13.8. The van der Waals surface area contributed by atoms with Gasteiger partial charge in [0.2, 0.25) is 5.91 Å². The fourth-order valence-electron chi connectivity index (χ4n) is 10.9. The average Bonchev–Trinajstić information content (AvgIpc) is 3.39. The summed E-state index contributed by atoms with van der Waals surface area (Å²) in [4.78, 5) is 24.7. The number of allylic oxidation sites excluding steroid dienone is 1. The summed E-state index contributed by atoms with van der Waals surface area (Å²) in [6.07, 6.45) is 20.2. The molecule has 49 heavy (non-hydrogen) atoms. The van der Waals surface area contributed by atoms with E-state index in [2.05, 4.69) is 51.3 Å². The van der Waals surface area contributed by atoms with Crippen molar-refractivity contribution >= 4 is 12.0 Å². The highest BCUT2D eigenvalue weighted by molar-refractivity contribution is 5.76. The monoisotopic (exact) mass is 687 g/mol. The van der Waals surface area contributed by atoms with Gasteiger partial charge in [-0.05, 0) is 122 Å². The first-order chi connectivity index (χ1) is 23.3. The average molecular weight is 687 g/mol. The maximum atomic E-state index is 12.7. The van der Waals surface area contributed by atoms with Gasteiger partial charge in [0, 0.05) is 39.1 Å². The molecule has 3 saturated carbocycles. The molecule has 0 aliphatic heterocycles. The molecule has 4 rings (SSSR count). The number of aliphatic hydroxyl groups is 1. The Morgan fingerprint density at radius 1 is 0.939 bits per heavy atom.